The summed E-state index contributed by atoms with van der Waals surface area (Å²) in [6.45, 7) is 1.68. The van der Waals surface area contributed by atoms with Crippen LogP contribution in [-0.2, 0) is 19.1 Å². The van der Waals surface area contributed by atoms with Gasteiger partial charge < -0.3 is 24.4 Å². The fourth-order valence-corrected chi connectivity index (χ4v) is 3.19. The fraction of sp³-hybridized carbons (Fsp3) is 0.318. The van der Waals surface area contributed by atoms with Gasteiger partial charge in [0.05, 0.1) is 25.8 Å². The van der Waals surface area contributed by atoms with Gasteiger partial charge in [-0.3, -0.25) is 14.4 Å². The van der Waals surface area contributed by atoms with Gasteiger partial charge in [-0.05, 0) is 31.2 Å². The van der Waals surface area contributed by atoms with Crippen LogP contribution in [0.5, 0.6) is 11.5 Å². The Morgan fingerprint density at radius 3 is 2.50 bits per heavy atom. The monoisotopic (exact) mass is 412 g/mol. The molecule has 1 fully saturated rings. The second kappa shape index (κ2) is 9.30. The summed E-state index contributed by atoms with van der Waals surface area (Å²) >= 11 is 0. The number of nitrogens with zero attached hydrogens (tertiary/aromatic N) is 1. The van der Waals surface area contributed by atoms with E-state index in [9.17, 15) is 14.4 Å². The summed E-state index contributed by atoms with van der Waals surface area (Å²) in [6.07, 6.45) is 0.00754. The molecular weight excluding hydrogens is 388 g/mol. The molecule has 3 rings (SSSR count). The minimum absolute atomic E-state index is 0.00754. The summed E-state index contributed by atoms with van der Waals surface area (Å²) in [7, 11) is 3.04. The Balaban J connectivity index is 1.57. The minimum atomic E-state index is -0.656. The molecule has 1 aliphatic heterocycles. The molecule has 2 aromatic carbocycles. The smallest absolute Gasteiger partial charge is 0.311 e. The van der Waals surface area contributed by atoms with E-state index >= 15 is 0 Å². The second-order valence-corrected chi connectivity index (χ2v) is 6.97. The topological polar surface area (TPSA) is 94.2 Å². The predicted octanol–water partition coefficient (Wildman–Crippen LogP) is 2.55. The lowest BCUT2D eigenvalue weighted by Gasteiger charge is -2.20. The number of amides is 2. The highest BCUT2D eigenvalue weighted by atomic mass is 16.5. The second-order valence-electron chi connectivity index (χ2n) is 6.97. The summed E-state index contributed by atoms with van der Waals surface area (Å²) in [4.78, 5) is 38.4. The molecule has 8 heteroatoms. The number of esters is 1. The summed E-state index contributed by atoms with van der Waals surface area (Å²) in [5.74, 6) is -0.837. The van der Waals surface area contributed by atoms with Crippen LogP contribution in [0.3, 0.4) is 0 Å². The van der Waals surface area contributed by atoms with Gasteiger partial charge in [-0.25, -0.2) is 0 Å². The third kappa shape index (κ3) is 4.89. The molecule has 0 spiro atoms. The number of carbonyl (C=O) groups is 3. The average Bonchev–Trinajstić information content (AvgIpc) is 3.14. The molecule has 0 aromatic heterocycles. The minimum Gasteiger partial charge on any atom is -0.497 e. The SMILES string of the molecule is COc1ccc(N2C[C@@H](C(=O)OCC(=O)Nc3ccc(C)cc3)CC2=O)c(OC)c1. The van der Waals surface area contributed by atoms with Gasteiger partial charge in [-0.1, -0.05) is 17.7 Å². The molecule has 2 amide bonds. The van der Waals surface area contributed by atoms with Crippen LogP contribution in [0.2, 0.25) is 0 Å². The molecule has 0 unspecified atom stereocenters. The lowest BCUT2D eigenvalue weighted by molar-refractivity contribution is -0.151. The Morgan fingerprint density at radius 1 is 1.10 bits per heavy atom. The zero-order valence-electron chi connectivity index (χ0n) is 17.1. The van der Waals surface area contributed by atoms with Crippen LogP contribution in [-0.4, -0.2) is 45.2 Å². The Labute approximate surface area is 174 Å². The highest BCUT2D eigenvalue weighted by Gasteiger charge is 2.37. The molecule has 158 valence electrons. The van der Waals surface area contributed by atoms with Crippen LogP contribution in [0.25, 0.3) is 0 Å². The van der Waals surface area contributed by atoms with Crippen LogP contribution >= 0.6 is 0 Å². The van der Waals surface area contributed by atoms with E-state index in [1.165, 1.54) is 19.1 Å². The van der Waals surface area contributed by atoms with Crippen LogP contribution < -0.4 is 19.7 Å². The number of anilines is 2. The van der Waals surface area contributed by atoms with Crippen molar-refractivity contribution in [2.75, 3.05) is 37.6 Å². The Morgan fingerprint density at radius 2 is 1.83 bits per heavy atom. The number of rotatable bonds is 7. The van der Waals surface area contributed by atoms with E-state index in [4.69, 9.17) is 14.2 Å². The highest BCUT2D eigenvalue weighted by Crippen LogP contribution is 2.36. The highest BCUT2D eigenvalue weighted by molar-refractivity contribution is 6.01. The van der Waals surface area contributed by atoms with Crippen molar-refractivity contribution in [2.45, 2.75) is 13.3 Å². The van der Waals surface area contributed by atoms with Crippen molar-refractivity contribution in [3.05, 3.63) is 48.0 Å². The maximum absolute atomic E-state index is 12.5. The number of carbonyl (C=O) groups excluding carboxylic acids is 3. The summed E-state index contributed by atoms with van der Waals surface area (Å²) in [5.41, 5.74) is 2.24. The van der Waals surface area contributed by atoms with Gasteiger partial charge in [0, 0.05) is 24.7 Å². The van der Waals surface area contributed by atoms with Gasteiger partial charge in [-0.15, -0.1) is 0 Å². The van der Waals surface area contributed by atoms with Gasteiger partial charge in [0.2, 0.25) is 5.91 Å². The van der Waals surface area contributed by atoms with Crippen molar-refractivity contribution in [2.24, 2.45) is 5.92 Å². The molecule has 0 bridgehead atoms. The number of benzene rings is 2. The maximum Gasteiger partial charge on any atom is 0.311 e. The molecule has 2 aromatic rings. The lowest BCUT2D eigenvalue weighted by atomic mass is 10.1. The molecule has 1 N–H and O–H groups in total. The third-order valence-corrected chi connectivity index (χ3v) is 4.82. The summed E-state index contributed by atoms with van der Waals surface area (Å²) < 4.78 is 15.6. The number of methoxy groups -OCH3 is 2. The molecular formula is C22H24N2O6. The van der Waals surface area contributed by atoms with Gasteiger partial charge in [0.1, 0.15) is 11.5 Å². The van der Waals surface area contributed by atoms with Gasteiger partial charge in [0.25, 0.3) is 5.91 Å². The first-order valence-electron chi connectivity index (χ1n) is 9.47. The van der Waals surface area contributed by atoms with E-state index in [1.54, 1.807) is 30.3 Å². The van der Waals surface area contributed by atoms with Crippen LogP contribution in [0.1, 0.15) is 12.0 Å². The molecule has 1 saturated heterocycles. The molecule has 1 aliphatic rings. The molecule has 1 heterocycles. The Bertz CT molecular complexity index is 941. The third-order valence-electron chi connectivity index (χ3n) is 4.82. The van der Waals surface area contributed by atoms with Crippen LogP contribution in [0, 0.1) is 12.8 Å². The van der Waals surface area contributed by atoms with Crippen molar-refractivity contribution in [3.63, 3.8) is 0 Å². The van der Waals surface area contributed by atoms with E-state index in [1.807, 2.05) is 19.1 Å². The largest absolute Gasteiger partial charge is 0.497 e. The normalized spacial score (nSPS) is 15.6. The van der Waals surface area contributed by atoms with Crippen LogP contribution in [0.15, 0.2) is 42.5 Å². The molecule has 1 atom stereocenters. The summed E-state index contributed by atoms with van der Waals surface area (Å²) in [6, 6.07) is 12.4. The number of nitrogens with one attached hydrogen (secondary N) is 1. The van der Waals surface area contributed by atoms with E-state index in [0.717, 1.165) is 5.56 Å². The first kappa shape index (κ1) is 21.2. The van der Waals surface area contributed by atoms with E-state index in [2.05, 4.69) is 5.32 Å². The average molecular weight is 412 g/mol. The zero-order chi connectivity index (χ0) is 21.7. The van der Waals surface area contributed by atoms with E-state index in [-0.39, 0.29) is 18.9 Å². The zero-order valence-corrected chi connectivity index (χ0v) is 17.1. The van der Waals surface area contributed by atoms with Gasteiger partial charge in [-0.2, -0.15) is 0 Å². The van der Waals surface area contributed by atoms with Crippen molar-refractivity contribution in [3.8, 4) is 11.5 Å². The molecule has 0 saturated carbocycles. The van der Waals surface area contributed by atoms with Crippen LogP contribution in [0.4, 0.5) is 11.4 Å². The van der Waals surface area contributed by atoms with E-state index in [0.29, 0.717) is 22.9 Å². The van der Waals surface area contributed by atoms with Crippen molar-refractivity contribution in [1.29, 1.82) is 0 Å². The summed E-state index contributed by atoms with van der Waals surface area (Å²) in [5, 5.41) is 2.66. The quantitative estimate of drug-likeness (QED) is 0.703. The molecule has 30 heavy (non-hydrogen) atoms. The number of aryl methyl sites for hydroxylation is 1. The standard InChI is InChI=1S/C22H24N2O6/c1-14-4-6-16(7-5-14)23-20(25)13-30-22(27)15-10-21(26)24(12-15)18-9-8-17(28-2)11-19(18)29-3/h4-9,11,15H,10,12-13H2,1-3H3,(H,23,25)/t15-/m0/s1. The number of ether oxygens (including phenoxy) is 3. The first-order valence-corrected chi connectivity index (χ1v) is 9.47. The van der Waals surface area contributed by atoms with Crippen molar-refractivity contribution < 1.29 is 28.6 Å². The maximum atomic E-state index is 12.5. The first-order chi connectivity index (χ1) is 14.4. The van der Waals surface area contributed by atoms with Gasteiger partial charge >= 0.3 is 5.97 Å². The number of hydrogen-bond donors (Lipinski definition) is 1. The Kier molecular flexibility index (Phi) is 6.56. The number of hydrogen-bond acceptors (Lipinski definition) is 6. The van der Waals surface area contributed by atoms with Crippen molar-refractivity contribution in [1.82, 2.24) is 0 Å². The molecule has 0 radical (unpaired) electrons. The fourth-order valence-electron chi connectivity index (χ4n) is 3.19. The van der Waals surface area contributed by atoms with Gasteiger partial charge in [0.15, 0.2) is 6.61 Å². The molecule has 8 nitrogen and oxygen atoms in total. The Hall–Kier alpha value is -3.55. The lowest BCUT2D eigenvalue weighted by Crippen LogP contribution is -2.28. The van der Waals surface area contributed by atoms with E-state index < -0.39 is 24.4 Å². The predicted molar refractivity (Wildman–Crippen MR) is 111 cm³/mol. The van der Waals surface area contributed by atoms with Crippen molar-refractivity contribution >= 4 is 29.2 Å². The molecule has 0 aliphatic carbocycles.